The Labute approximate surface area is 161 Å². The monoisotopic (exact) mass is 391 g/mol. The van der Waals surface area contributed by atoms with E-state index in [-0.39, 0.29) is 12.2 Å². The summed E-state index contributed by atoms with van der Waals surface area (Å²) in [5.41, 5.74) is 1.26. The van der Waals surface area contributed by atoms with E-state index in [0.29, 0.717) is 29.9 Å². The van der Waals surface area contributed by atoms with Crippen LogP contribution >= 0.6 is 0 Å². The van der Waals surface area contributed by atoms with Crippen LogP contribution in [0.25, 0.3) is 0 Å². The lowest BCUT2D eigenvalue weighted by molar-refractivity contribution is -0.137. The molecule has 0 spiro atoms. The number of anilines is 2. The van der Waals surface area contributed by atoms with Gasteiger partial charge in [-0.15, -0.1) is 0 Å². The highest BCUT2D eigenvalue weighted by Crippen LogP contribution is 2.29. The van der Waals surface area contributed by atoms with Crippen molar-refractivity contribution in [2.45, 2.75) is 26.1 Å². The van der Waals surface area contributed by atoms with Gasteiger partial charge in [0.05, 0.1) is 23.4 Å². The van der Waals surface area contributed by atoms with Gasteiger partial charge in [-0.05, 0) is 42.3 Å². The van der Waals surface area contributed by atoms with Crippen molar-refractivity contribution in [2.24, 2.45) is 0 Å². The molecule has 0 heterocycles. The minimum Gasteiger partial charge on any atom is -0.449 e. The Morgan fingerprint density at radius 1 is 1.21 bits per heavy atom. The average molecular weight is 391 g/mol. The Morgan fingerprint density at radius 3 is 2.46 bits per heavy atom. The van der Waals surface area contributed by atoms with E-state index in [1.165, 1.54) is 12.1 Å². The minimum atomic E-state index is -4.37. The van der Waals surface area contributed by atoms with E-state index in [1.54, 1.807) is 30.1 Å². The number of hydrogen-bond acceptors (Lipinski definition) is 4. The van der Waals surface area contributed by atoms with Gasteiger partial charge in [0.1, 0.15) is 6.07 Å². The SMILES string of the molecule is CCCOC(=O)Nc1ccc(N(C)Cc2ccc(C(F)(F)F)cc2)cc1C#N. The predicted octanol–water partition coefficient (Wildman–Crippen LogP) is 5.17. The number of carbonyl (C=O) groups is 1. The van der Waals surface area contributed by atoms with Crippen molar-refractivity contribution < 1.29 is 22.7 Å². The smallest absolute Gasteiger partial charge is 0.416 e. The third kappa shape index (κ3) is 5.64. The lowest BCUT2D eigenvalue weighted by Gasteiger charge is -2.21. The lowest BCUT2D eigenvalue weighted by Crippen LogP contribution is -2.18. The Bertz CT molecular complexity index is 858. The van der Waals surface area contributed by atoms with Crippen molar-refractivity contribution >= 4 is 17.5 Å². The zero-order valence-electron chi connectivity index (χ0n) is 15.5. The second-order valence-corrected chi connectivity index (χ2v) is 6.15. The predicted molar refractivity (Wildman–Crippen MR) is 100.0 cm³/mol. The van der Waals surface area contributed by atoms with Crippen LogP contribution in [-0.2, 0) is 17.5 Å². The molecule has 2 rings (SSSR count). The zero-order chi connectivity index (χ0) is 20.7. The number of nitriles is 1. The van der Waals surface area contributed by atoms with E-state index in [0.717, 1.165) is 12.1 Å². The van der Waals surface area contributed by atoms with E-state index >= 15 is 0 Å². The topological polar surface area (TPSA) is 65.4 Å². The molecule has 5 nitrogen and oxygen atoms in total. The molecular weight excluding hydrogens is 371 g/mol. The fourth-order valence-corrected chi connectivity index (χ4v) is 2.48. The van der Waals surface area contributed by atoms with Crippen LogP contribution in [0.1, 0.15) is 30.0 Å². The normalized spacial score (nSPS) is 10.9. The van der Waals surface area contributed by atoms with Crippen molar-refractivity contribution in [3.05, 3.63) is 59.2 Å². The van der Waals surface area contributed by atoms with Crippen molar-refractivity contribution in [3.63, 3.8) is 0 Å². The number of carbonyl (C=O) groups excluding carboxylic acids is 1. The first kappa shape index (κ1) is 21.1. The highest BCUT2D eigenvalue weighted by molar-refractivity contribution is 5.87. The Hall–Kier alpha value is -3.21. The summed E-state index contributed by atoms with van der Waals surface area (Å²) in [6, 6.07) is 11.8. The van der Waals surface area contributed by atoms with E-state index in [9.17, 15) is 23.2 Å². The number of alkyl halides is 3. The molecule has 0 saturated heterocycles. The van der Waals surface area contributed by atoms with E-state index in [4.69, 9.17) is 4.74 Å². The number of nitrogens with one attached hydrogen (secondary N) is 1. The number of nitrogens with zero attached hydrogens (tertiary/aromatic N) is 2. The Morgan fingerprint density at radius 2 is 1.89 bits per heavy atom. The van der Waals surface area contributed by atoms with Crippen LogP contribution < -0.4 is 10.2 Å². The molecule has 0 atom stereocenters. The maximum atomic E-state index is 12.6. The second kappa shape index (κ2) is 9.13. The number of ether oxygens (including phenoxy) is 1. The molecule has 0 aliphatic heterocycles. The standard InChI is InChI=1S/C20H20F3N3O2/c1-3-10-28-19(27)25-18-9-8-17(11-15(18)12-24)26(2)13-14-4-6-16(7-5-14)20(21,22)23/h4-9,11H,3,10,13H2,1-2H3,(H,25,27). The van der Waals surface area contributed by atoms with Crippen molar-refractivity contribution in [2.75, 3.05) is 23.9 Å². The number of benzene rings is 2. The van der Waals surface area contributed by atoms with Crippen molar-refractivity contribution in [1.29, 1.82) is 5.26 Å². The quantitative estimate of drug-likeness (QED) is 0.738. The van der Waals surface area contributed by atoms with Crippen LogP contribution in [-0.4, -0.2) is 19.7 Å². The molecule has 2 aromatic rings. The van der Waals surface area contributed by atoms with Crippen LogP contribution in [0, 0.1) is 11.3 Å². The second-order valence-electron chi connectivity index (χ2n) is 6.15. The summed E-state index contributed by atoms with van der Waals surface area (Å²) in [7, 11) is 1.76. The molecule has 0 aliphatic carbocycles. The number of rotatable bonds is 6. The van der Waals surface area contributed by atoms with Crippen LogP contribution in [0.4, 0.5) is 29.3 Å². The highest BCUT2D eigenvalue weighted by Gasteiger charge is 2.29. The van der Waals surface area contributed by atoms with Gasteiger partial charge >= 0.3 is 12.3 Å². The number of hydrogen-bond donors (Lipinski definition) is 1. The fraction of sp³-hybridized carbons (Fsp3) is 0.300. The fourth-order valence-electron chi connectivity index (χ4n) is 2.48. The van der Waals surface area contributed by atoms with Gasteiger partial charge in [0.15, 0.2) is 0 Å². The molecular formula is C20H20F3N3O2. The molecule has 0 unspecified atom stereocenters. The van der Waals surface area contributed by atoms with Gasteiger partial charge in [0.25, 0.3) is 0 Å². The van der Waals surface area contributed by atoms with Gasteiger partial charge in [-0.3, -0.25) is 5.32 Å². The number of halogens is 3. The minimum absolute atomic E-state index is 0.255. The van der Waals surface area contributed by atoms with Gasteiger partial charge in [0, 0.05) is 19.3 Å². The average Bonchev–Trinajstić information content (AvgIpc) is 2.66. The van der Waals surface area contributed by atoms with Gasteiger partial charge in [0.2, 0.25) is 0 Å². The van der Waals surface area contributed by atoms with Gasteiger partial charge < -0.3 is 9.64 Å². The van der Waals surface area contributed by atoms with Crippen molar-refractivity contribution in [1.82, 2.24) is 0 Å². The van der Waals surface area contributed by atoms with E-state index < -0.39 is 17.8 Å². The molecule has 0 radical (unpaired) electrons. The largest absolute Gasteiger partial charge is 0.449 e. The van der Waals surface area contributed by atoms with Gasteiger partial charge in [-0.25, -0.2) is 4.79 Å². The first-order valence-corrected chi connectivity index (χ1v) is 8.59. The summed E-state index contributed by atoms with van der Waals surface area (Å²) < 4.78 is 42.9. The summed E-state index contributed by atoms with van der Waals surface area (Å²) in [4.78, 5) is 13.5. The molecule has 148 valence electrons. The van der Waals surface area contributed by atoms with Gasteiger partial charge in [-0.2, -0.15) is 18.4 Å². The molecule has 0 aliphatic rings. The highest BCUT2D eigenvalue weighted by atomic mass is 19.4. The summed E-state index contributed by atoms with van der Waals surface area (Å²) in [5.74, 6) is 0. The summed E-state index contributed by atoms with van der Waals surface area (Å²) >= 11 is 0. The maximum absolute atomic E-state index is 12.6. The number of amides is 1. The van der Waals surface area contributed by atoms with Crippen LogP contribution in [0.3, 0.4) is 0 Å². The lowest BCUT2D eigenvalue weighted by atomic mass is 10.1. The molecule has 1 N–H and O–H groups in total. The molecule has 28 heavy (non-hydrogen) atoms. The Kier molecular flexibility index (Phi) is 6.88. The maximum Gasteiger partial charge on any atom is 0.416 e. The summed E-state index contributed by atoms with van der Waals surface area (Å²) in [6.07, 6.45) is -4.32. The summed E-state index contributed by atoms with van der Waals surface area (Å²) in [5, 5.41) is 11.9. The summed E-state index contributed by atoms with van der Waals surface area (Å²) in [6.45, 7) is 2.51. The van der Waals surface area contributed by atoms with Gasteiger partial charge in [-0.1, -0.05) is 19.1 Å². The van der Waals surface area contributed by atoms with Crippen molar-refractivity contribution in [3.8, 4) is 6.07 Å². The third-order valence-electron chi connectivity index (χ3n) is 3.94. The molecule has 0 fully saturated rings. The Balaban J connectivity index is 2.10. The first-order chi connectivity index (χ1) is 13.2. The van der Waals surface area contributed by atoms with Crippen LogP contribution in [0.5, 0.6) is 0 Å². The third-order valence-corrected chi connectivity index (χ3v) is 3.94. The molecule has 8 heteroatoms. The van der Waals surface area contributed by atoms with E-state index in [1.807, 2.05) is 13.0 Å². The van der Waals surface area contributed by atoms with E-state index in [2.05, 4.69) is 5.32 Å². The molecule has 0 saturated carbocycles. The van der Waals surface area contributed by atoms with Crippen LogP contribution in [0.15, 0.2) is 42.5 Å². The molecule has 2 aromatic carbocycles. The molecule has 0 aromatic heterocycles. The molecule has 1 amide bonds. The first-order valence-electron chi connectivity index (χ1n) is 8.59. The molecule has 0 bridgehead atoms. The zero-order valence-corrected chi connectivity index (χ0v) is 15.5. The van der Waals surface area contributed by atoms with Crippen LogP contribution in [0.2, 0.25) is 0 Å².